The maximum absolute atomic E-state index is 11.8. The van der Waals surface area contributed by atoms with Crippen LogP contribution in [0.3, 0.4) is 0 Å². The van der Waals surface area contributed by atoms with Crippen molar-refractivity contribution in [2.75, 3.05) is 11.1 Å². The maximum Gasteiger partial charge on any atom is 0.268 e. The summed E-state index contributed by atoms with van der Waals surface area (Å²) < 4.78 is 5.67. The van der Waals surface area contributed by atoms with Crippen molar-refractivity contribution in [3.8, 4) is 5.75 Å². The van der Waals surface area contributed by atoms with Crippen LogP contribution in [0, 0.1) is 0 Å². The monoisotopic (exact) mass is 251 g/mol. The zero-order valence-electron chi connectivity index (χ0n) is 10.4. The van der Waals surface area contributed by atoms with Crippen LogP contribution >= 0.6 is 11.8 Å². The summed E-state index contributed by atoms with van der Waals surface area (Å²) in [6.45, 7) is 5.69. The molecule has 0 saturated carbocycles. The largest absolute Gasteiger partial charge is 0.476 e. The van der Waals surface area contributed by atoms with E-state index < -0.39 is 5.60 Å². The molecular formula is C13H17NO2S. The molecule has 1 heterocycles. The van der Waals surface area contributed by atoms with Crippen molar-refractivity contribution < 1.29 is 9.53 Å². The van der Waals surface area contributed by atoms with Gasteiger partial charge in [0.1, 0.15) is 5.75 Å². The quantitative estimate of drug-likeness (QED) is 0.838. The van der Waals surface area contributed by atoms with Crippen LogP contribution in [0.1, 0.15) is 27.2 Å². The summed E-state index contributed by atoms with van der Waals surface area (Å²) in [5.41, 5.74) is -0.0131. The molecule has 0 aliphatic carbocycles. The number of rotatable bonds is 3. The lowest BCUT2D eigenvalue weighted by Gasteiger charge is -2.31. The standard InChI is InChI=1S/C13H17NO2S/c1-4-7-17-9-5-6-11-10(8-9)14-12(15)13(2,3)16-11/h5-6,8H,4,7H2,1-3H3,(H,14,15). The van der Waals surface area contributed by atoms with E-state index in [9.17, 15) is 4.79 Å². The van der Waals surface area contributed by atoms with Crippen LogP contribution in [-0.2, 0) is 4.79 Å². The van der Waals surface area contributed by atoms with Gasteiger partial charge in [-0.1, -0.05) is 6.92 Å². The Labute approximate surface area is 106 Å². The summed E-state index contributed by atoms with van der Waals surface area (Å²) in [7, 11) is 0. The number of nitrogens with one attached hydrogen (secondary N) is 1. The fraction of sp³-hybridized carbons (Fsp3) is 0.462. The molecule has 0 unspecified atom stereocenters. The lowest BCUT2D eigenvalue weighted by atomic mass is 10.1. The van der Waals surface area contributed by atoms with Crippen LogP contribution in [0.15, 0.2) is 23.1 Å². The van der Waals surface area contributed by atoms with Gasteiger partial charge in [0, 0.05) is 4.90 Å². The predicted molar refractivity (Wildman–Crippen MR) is 70.8 cm³/mol. The molecule has 1 aromatic carbocycles. The Bertz CT molecular complexity index is 443. The van der Waals surface area contributed by atoms with Crippen LogP contribution in [0.25, 0.3) is 0 Å². The lowest BCUT2D eigenvalue weighted by molar-refractivity contribution is -0.129. The maximum atomic E-state index is 11.8. The van der Waals surface area contributed by atoms with Crippen LogP contribution < -0.4 is 10.1 Å². The number of carbonyl (C=O) groups excluding carboxylic acids is 1. The number of thioether (sulfide) groups is 1. The molecule has 1 amide bonds. The van der Waals surface area contributed by atoms with Gasteiger partial charge in [-0.05, 0) is 44.2 Å². The highest BCUT2D eigenvalue weighted by molar-refractivity contribution is 7.99. The molecule has 0 aromatic heterocycles. The van der Waals surface area contributed by atoms with Crippen molar-refractivity contribution in [2.45, 2.75) is 37.7 Å². The first-order valence-corrected chi connectivity index (χ1v) is 6.79. The smallest absolute Gasteiger partial charge is 0.268 e. The van der Waals surface area contributed by atoms with Crippen LogP contribution in [0.4, 0.5) is 5.69 Å². The minimum atomic E-state index is -0.787. The fourth-order valence-corrected chi connectivity index (χ4v) is 2.40. The third-order valence-corrected chi connectivity index (χ3v) is 3.78. The third-order valence-electron chi connectivity index (χ3n) is 2.58. The lowest BCUT2D eigenvalue weighted by Crippen LogP contribution is -2.45. The summed E-state index contributed by atoms with van der Waals surface area (Å²) >= 11 is 1.79. The van der Waals surface area contributed by atoms with Crippen molar-refractivity contribution >= 4 is 23.4 Å². The molecule has 2 rings (SSSR count). The van der Waals surface area contributed by atoms with E-state index in [1.165, 1.54) is 0 Å². The summed E-state index contributed by atoms with van der Waals surface area (Å²) in [5.74, 6) is 1.73. The number of hydrogen-bond acceptors (Lipinski definition) is 3. The molecule has 1 aliphatic rings. The van der Waals surface area contributed by atoms with Crippen molar-refractivity contribution in [3.63, 3.8) is 0 Å². The number of hydrogen-bond donors (Lipinski definition) is 1. The summed E-state index contributed by atoms with van der Waals surface area (Å²) in [4.78, 5) is 12.9. The molecule has 0 bridgehead atoms. The van der Waals surface area contributed by atoms with Crippen LogP contribution in [0.2, 0.25) is 0 Å². The van der Waals surface area contributed by atoms with Crippen molar-refractivity contribution in [3.05, 3.63) is 18.2 Å². The second-order valence-corrected chi connectivity index (χ2v) is 5.74. The number of fused-ring (bicyclic) bond motifs is 1. The van der Waals surface area contributed by atoms with Crippen molar-refractivity contribution in [2.24, 2.45) is 0 Å². The second kappa shape index (κ2) is 4.61. The van der Waals surface area contributed by atoms with E-state index >= 15 is 0 Å². The minimum absolute atomic E-state index is 0.0948. The first-order valence-electron chi connectivity index (χ1n) is 5.80. The zero-order chi connectivity index (χ0) is 12.5. The Balaban J connectivity index is 2.23. The van der Waals surface area contributed by atoms with E-state index in [-0.39, 0.29) is 5.91 Å². The predicted octanol–water partition coefficient (Wildman–Crippen LogP) is 3.30. The molecule has 0 radical (unpaired) electrons. The third kappa shape index (κ3) is 2.57. The molecule has 0 fully saturated rings. The topological polar surface area (TPSA) is 38.3 Å². The van der Waals surface area contributed by atoms with Gasteiger partial charge in [0.2, 0.25) is 0 Å². The normalized spacial score (nSPS) is 17.0. The molecule has 0 saturated heterocycles. The van der Waals surface area contributed by atoms with Crippen LogP contribution in [-0.4, -0.2) is 17.3 Å². The van der Waals surface area contributed by atoms with Gasteiger partial charge in [-0.3, -0.25) is 4.79 Å². The van der Waals surface area contributed by atoms with E-state index in [0.29, 0.717) is 0 Å². The number of amides is 1. The summed E-state index contributed by atoms with van der Waals surface area (Å²) in [5, 5.41) is 2.89. The number of benzene rings is 1. The Morgan fingerprint density at radius 1 is 1.41 bits per heavy atom. The molecule has 3 nitrogen and oxygen atoms in total. The number of carbonyl (C=O) groups is 1. The van der Waals surface area contributed by atoms with Gasteiger partial charge in [-0.15, -0.1) is 11.8 Å². The van der Waals surface area contributed by atoms with E-state index in [1.54, 1.807) is 25.6 Å². The van der Waals surface area contributed by atoms with Gasteiger partial charge in [-0.2, -0.15) is 0 Å². The van der Waals surface area contributed by atoms with Crippen LogP contribution in [0.5, 0.6) is 5.75 Å². The highest BCUT2D eigenvalue weighted by Gasteiger charge is 2.35. The molecule has 92 valence electrons. The Hall–Kier alpha value is -1.16. The molecule has 1 N–H and O–H groups in total. The van der Waals surface area contributed by atoms with Gasteiger partial charge in [0.05, 0.1) is 5.69 Å². The molecule has 0 spiro atoms. The Morgan fingerprint density at radius 3 is 2.88 bits per heavy atom. The number of ether oxygens (including phenoxy) is 1. The Kier molecular flexibility index (Phi) is 3.33. The summed E-state index contributed by atoms with van der Waals surface area (Å²) in [6, 6.07) is 5.93. The minimum Gasteiger partial charge on any atom is -0.476 e. The SMILES string of the molecule is CCCSc1ccc2c(c1)NC(=O)C(C)(C)O2. The van der Waals surface area contributed by atoms with E-state index in [0.717, 1.165) is 28.5 Å². The van der Waals surface area contributed by atoms with E-state index in [4.69, 9.17) is 4.74 Å². The average Bonchev–Trinajstić information content (AvgIpc) is 2.27. The molecule has 1 aromatic rings. The Morgan fingerprint density at radius 2 is 2.18 bits per heavy atom. The molecule has 0 atom stereocenters. The van der Waals surface area contributed by atoms with E-state index in [2.05, 4.69) is 12.2 Å². The first-order chi connectivity index (χ1) is 8.03. The highest BCUT2D eigenvalue weighted by Crippen LogP contribution is 2.36. The first kappa shape index (κ1) is 12.3. The zero-order valence-corrected chi connectivity index (χ0v) is 11.2. The average molecular weight is 251 g/mol. The molecular weight excluding hydrogens is 234 g/mol. The van der Waals surface area contributed by atoms with Gasteiger partial charge >= 0.3 is 0 Å². The summed E-state index contributed by atoms with van der Waals surface area (Å²) in [6.07, 6.45) is 1.14. The van der Waals surface area contributed by atoms with Gasteiger partial charge in [0.25, 0.3) is 5.91 Å². The molecule has 4 heteroatoms. The number of anilines is 1. The highest BCUT2D eigenvalue weighted by atomic mass is 32.2. The van der Waals surface area contributed by atoms with Gasteiger partial charge in [0.15, 0.2) is 5.60 Å². The molecule has 1 aliphatic heterocycles. The van der Waals surface area contributed by atoms with Gasteiger partial charge < -0.3 is 10.1 Å². The molecule has 17 heavy (non-hydrogen) atoms. The second-order valence-electron chi connectivity index (χ2n) is 4.57. The van der Waals surface area contributed by atoms with E-state index in [1.807, 2.05) is 18.2 Å². The van der Waals surface area contributed by atoms with Gasteiger partial charge in [-0.25, -0.2) is 0 Å². The fourth-order valence-electron chi connectivity index (χ4n) is 1.60. The van der Waals surface area contributed by atoms with Crippen molar-refractivity contribution in [1.29, 1.82) is 0 Å². The van der Waals surface area contributed by atoms with Crippen molar-refractivity contribution in [1.82, 2.24) is 0 Å².